The van der Waals surface area contributed by atoms with Gasteiger partial charge in [0.15, 0.2) is 0 Å². The minimum Gasteiger partial charge on any atom is -0.406 e. The van der Waals surface area contributed by atoms with Gasteiger partial charge in [-0.2, -0.15) is 0 Å². The zero-order valence-electron chi connectivity index (χ0n) is 12.9. The van der Waals surface area contributed by atoms with Gasteiger partial charge in [-0.05, 0) is 24.1 Å². The molecule has 0 saturated carbocycles. The van der Waals surface area contributed by atoms with Gasteiger partial charge in [-0.15, -0.1) is 25.6 Å². The van der Waals surface area contributed by atoms with E-state index in [1.807, 2.05) is 0 Å². The fraction of sp³-hybridized carbons (Fsp3) is 0.533. The van der Waals surface area contributed by atoms with Crippen LogP contribution in [0.5, 0.6) is 5.75 Å². The van der Waals surface area contributed by atoms with Crippen LogP contribution < -0.4 is 15.4 Å². The van der Waals surface area contributed by atoms with E-state index in [1.54, 1.807) is 12.1 Å². The molecule has 2 N–H and O–H groups in total. The normalized spacial score (nSPS) is 17.7. The Bertz CT molecular complexity index is 506. The summed E-state index contributed by atoms with van der Waals surface area (Å²) in [6.45, 7) is 2.34. The molecule has 1 fully saturated rings. The quantitative estimate of drug-likeness (QED) is 0.807. The van der Waals surface area contributed by atoms with Gasteiger partial charge >= 0.3 is 6.36 Å². The summed E-state index contributed by atoms with van der Waals surface area (Å²) in [5.41, 5.74) is 0.818. The lowest BCUT2D eigenvalue weighted by Gasteiger charge is -2.23. The van der Waals surface area contributed by atoms with Gasteiger partial charge in [0.05, 0.1) is 13.2 Å². The lowest BCUT2D eigenvalue weighted by molar-refractivity contribution is -0.274. The molecule has 2 rings (SSSR count). The zero-order chi connectivity index (χ0) is 16.7. The van der Waals surface area contributed by atoms with Crippen LogP contribution in [0.2, 0.25) is 0 Å². The molecule has 0 aliphatic carbocycles. The maximum absolute atomic E-state index is 12.0. The maximum Gasteiger partial charge on any atom is 0.573 e. The van der Waals surface area contributed by atoms with Crippen LogP contribution in [0, 0.1) is 0 Å². The number of carbonyl (C=O) groups is 1. The van der Waals surface area contributed by atoms with Crippen LogP contribution in [0.3, 0.4) is 0 Å². The number of benzene rings is 1. The van der Waals surface area contributed by atoms with E-state index >= 15 is 0 Å². The van der Waals surface area contributed by atoms with Crippen LogP contribution in [0.1, 0.15) is 12.0 Å². The lowest BCUT2D eigenvalue weighted by Crippen LogP contribution is -2.44. The zero-order valence-corrected chi connectivity index (χ0v) is 13.7. The Kier molecular flexibility index (Phi) is 8.30. The Morgan fingerprint density at radius 3 is 2.62 bits per heavy atom. The molecule has 1 aliphatic rings. The fourth-order valence-corrected chi connectivity index (χ4v) is 2.25. The van der Waals surface area contributed by atoms with Gasteiger partial charge in [-0.1, -0.05) is 12.1 Å². The van der Waals surface area contributed by atoms with Gasteiger partial charge < -0.3 is 20.1 Å². The van der Waals surface area contributed by atoms with Gasteiger partial charge in [0.25, 0.3) is 0 Å². The molecule has 0 bridgehead atoms. The molecule has 1 saturated heterocycles. The standard InChI is InChI=1S/C15H19F3N2O3.ClH/c16-15(17,18)23-13-3-1-11(2-4-13)5-6-20-14(21)9-12-10-22-8-7-19-12;/h1-4,12,19H,5-10H2,(H,20,21);1H. The number of nitrogens with one attached hydrogen (secondary N) is 2. The molecule has 0 aromatic heterocycles. The van der Waals surface area contributed by atoms with Crippen molar-refractivity contribution in [1.82, 2.24) is 10.6 Å². The number of morpholine rings is 1. The van der Waals surface area contributed by atoms with E-state index in [-0.39, 0.29) is 30.1 Å². The molecule has 136 valence electrons. The highest BCUT2D eigenvalue weighted by Gasteiger charge is 2.30. The van der Waals surface area contributed by atoms with Crippen LogP contribution in [-0.2, 0) is 16.0 Å². The molecule has 1 atom stereocenters. The van der Waals surface area contributed by atoms with Crippen molar-refractivity contribution in [2.24, 2.45) is 0 Å². The van der Waals surface area contributed by atoms with E-state index in [0.717, 1.165) is 12.1 Å². The molecule has 1 heterocycles. The molecule has 24 heavy (non-hydrogen) atoms. The van der Waals surface area contributed by atoms with Crippen molar-refractivity contribution in [3.05, 3.63) is 29.8 Å². The molecule has 1 aromatic rings. The minimum atomic E-state index is -4.69. The number of halogens is 4. The second-order valence-electron chi connectivity index (χ2n) is 5.22. The van der Waals surface area contributed by atoms with Gasteiger partial charge in [0.2, 0.25) is 5.91 Å². The highest BCUT2D eigenvalue weighted by Crippen LogP contribution is 2.22. The topological polar surface area (TPSA) is 59.6 Å². The minimum absolute atomic E-state index is 0. The van der Waals surface area contributed by atoms with E-state index in [9.17, 15) is 18.0 Å². The number of amides is 1. The first-order valence-electron chi connectivity index (χ1n) is 7.35. The van der Waals surface area contributed by atoms with Crippen molar-refractivity contribution < 1.29 is 27.4 Å². The highest BCUT2D eigenvalue weighted by atomic mass is 35.5. The molecule has 1 amide bonds. The molecule has 5 nitrogen and oxygen atoms in total. The first-order valence-corrected chi connectivity index (χ1v) is 7.35. The van der Waals surface area contributed by atoms with Crippen LogP contribution >= 0.6 is 12.4 Å². The van der Waals surface area contributed by atoms with E-state index in [1.165, 1.54) is 12.1 Å². The Morgan fingerprint density at radius 1 is 1.33 bits per heavy atom. The average molecular weight is 369 g/mol. The fourth-order valence-electron chi connectivity index (χ4n) is 2.25. The van der Waals surface area contributed by atoms with Crippen LogP contribution in [-0.4, -0.2) is 44.6 Å². The summed E-state index contributed by atoms with van der Waals surface area (Å²) in [7, 11) is 0. The van der Waals surface area contributed by atoms with Crippen molar-refractivity contribution in [2.45, 2.75) is 25.2 Å². The van der Waals surface area contributed by atoms with Crippen LogP contribution in [0.15, 0.2) is 24.3 Å². The second-order valence-corrected chi connectivity index (χ2v) is 5.22. The SMILES string of the molecule is Cl.O=C(CC1COCCN1)NCCc1ccc(OC(F)(F)F)cc1. The third kappa shape index (κ3) is 7.85. The molecule has 0 spiro atoms. The predicted octanol–water partition coefficient (Wildman–Crippen LogP) is 2.04. The smallest absolute Gasteiger partial charge is 0.406 e. The Hall–Kier alpha value is -1.51. The molecule has 0 radical (unpaired) electrons. The number of ether oxygens (including phenoxy) is 2. The first-order chi connectivity index (χ1) is 10.9. The van der Waals surface area contributed by atoms with Crippen molar-refractivity contribution in [2.75, 3.05) is 26.3 Å². The van der Waals surface area contributed by atoms with Gasteiger partial charge in [0.1, 0.15) is 5.75 Å². The Labute approximate surface area is 144 Å². The highest BCUT2D eigenvalue weighted by molar-refractivity contribution is 5.85. The average Bonchev–Trinajstić information content (AvgIpc) is 2.48. The molecule has 1 aromatic carbocycles. The molecule has 9 heteroatoms. The molecular weight excluding hydrogens is 349 g/mol. The number of hydrogen-bond donors (Lipinski definition) is 2. The molecular formula is C15H20ClF3N2O3. The monoisotopic (exact) mass is 368 g/mol. The summed E-state index contributed by atoms with van der Waals surface area (Å²) < 4.78 is 45.2. The summed E-state index contributed by atoms with van der Waals surface area (Å²) in [6, 6.07) is 5.64. The maximum atomic E-state index is 12.0. The Morgan fingerprint density at radius 2 is 2.04 bits per heavy atom. The summed E-state index contributed by atoms with van der Waals surface area (Å²) >= 11 is 0. The third-order valence-electron chi connectivity index (χ3n) is 3.32. The van der Waals surface area contributed by atoms with E-state index < -0.39 is 6.36 Å². The van der Waals surface area contributed by atoms with Gasteiger partial charge in [-0.3, -0.25) is 4.79 Å². The van der Waals surface area contributed by atoms with Crippen molar-refractivity contribution in [3.63, 3.8) is 0 Å². The van der Waals surface area contributed by atoms with Gasteiger partial charge in [-0.25, -0.2) is 0 Å². The molecule has 1 unspecified atom stereocenters. The number of alkyl halides is 3. The summed E-state index contributed by atoms with van der Waals surface area (Å²) in [4.78, 5) is 11.8. The van der Waals surface area contributed by atoms with Gasteiger partial charge in [0, 0.05) is 25.6 Å². The largest absolute Gasteiger partial charge is 0.573 e. The predicted molar refractivity (Wildman–Crippen MR) is 84.3 cm³/mol. The van der Waals surface area contributed by atoms with E-state index in [4.69, 9.17) is 4.74 Å². The summed E-state index contributed by atoms with van der Waals surface area (Å²) in [5.74, 6) is -0.335. The van der Waals surface area contributed by atoms with Crippen LogP contribution in [0.4, 0.5) is 13.2 Å². The van der Waals surface area contributed by atoms with Crippen molar-refractivity contribution in [3.8, 4) is 5.75 Å². The third-order valence-corrected chi connectivity index (χ3v) is 3.32. The Balaban J connectivity index is 0.00000288. The number of rotatable bonds is 6. The van der Waals surface area contributed by atoms with E-state index in [0.29, 0.717) is 32.6 Å². The van der Waals surface area contributed by atoms with Crippen LogP contribution in [0.25, 0.3) is 0 Å². The summed E-state index contributed by atoms with van der Waals surface area (Å²) in [5, 5.41) is 5.98. The lowest BCUT2D eigenvalue weighted by atomic mass is 10.1. The van der Waals surface area contributed by atoms with E-state index in [2.05, 4.69) is 15.4 Å². The first kappa shape index (κ1) is 20.5. The summed E-state index contributed by atoms with van der Waals surface area (Å²) in [6.07, 6.45) is -3.81. The molecule has 1 aliphatic heterocycles. The van der Waals surface area contributed by atoms with Crippen molar-refractivity contribution >= 4 is 18.3 Å². The number of carbonyl (C=O) groups excluding carboxylic acids is 1. The second kappa shape index (κ2) is 9.71. The number of hydrogen-bond acceptors (Lipinski definition) is 4. The van der Waals surface area contributed by atoms with Crippen molar-refractivity contribution in [1.29, 1.82) is 0 Å².